The minimum Gasteiger partial charge on any atom is -0.396 e. The summed E-state index contributed by atoms with van der Waals surface area (Å²) >= 11 is 0. The molecule has 0 aromatic heterocycles. The highest BCUT2D eigenvalue weighted by Crippen LogP contribution is 2.29. The fourth-order valence-corrected chi connectivity index (χ4v) is 3.33. The molecule has 2 fully saturated rings. The molecule has 4 heteroatoms. The first kappa shape index (κ1) is 15.2. The van der Waals surface area contributed by atoms with Crippen LogP contribution in [0.15, 0.2) is 0 Å². The van der Waals surface area contributed by atoms with E-state index in [1.54, 1.807) is 0 Å². The Labute approximate surface area is 117 Å². The Morgan fingerprint density at radius 3 is 2.37 bits per heavy atom. The Bertz CT molecular complexity index is 257. The quantitative estimate of drug-likeness (QED) is 0.810. The molecule has 0 aromatic carbocycles. The molecule has 2 saturated heterocycles. The van der Waals surface area contributed by atoms with Gasteiger partial charge in [-0.1, -0.05) is 13.8 Å². The van der Waals surface area contributed by atoms with Gasteiger partial charge in [0.1, 0.15) is 0 Å². The first-order valence-corrected chi connectivity index (χ1v) is 7.77. The molecule has 0 aromatic rings. The summed E-state index contributed by atoms with van der Waals surface area (Å²) in [5.74, 6) is 0.752. The second kappa shape index (κ2) is 7.02. The molecule has 0 spiro atoms. The molecular weight excluding hydrogens is 240 g/mol. The van der Waals surface area contributed by atoms with Crippen LogP contribution in [0.3, 0.4) is 0 Å². The van der Waals surface area contributed by atoms with Gasteiger partial charge in [-0.25, -0.2) is 0 Å². The Morgan fingerprint density at radius 1 is 1.16 bits per heavy atom. The molecule has 1 N–H and O–H groups in total. The van der Waals surface area contributed by atoms with Crippen molar-refractivity contribution in [3.63, 3.8) is 0 Å². The molecule has 1 atom stereocenters. The van der Waals surface area contributed by atoms with E-state index in [-0.39, 0.29) is 12.0 Å². The van der Waals surface area contributed by atoms with E-state index in [0.29, 0.717) is 0 Å². The number of aliphatic hydroxyl groups is 1. The van der Waals surface area contributed by atoms with E-state index in [4.69, 9.17) is 4.74 Å². The van der Waals surface area contributed by atoms with Gasteiger partial charge in [0.25, 0.3) is 0 Å². The second-order valence-corrected chi connectivity index (χ2v) is 6.78. The van der Waals surface area contributed by atoms with E-state index in [9.17, 15) is 5.11 Å². The third-order valence-corrected chi connectivity index (χ3v) is 4.39. The summed E-state index contributed by atoms with van der Waals surface area (Å²) in [5, 5.41) is 9.73. The van der Waals surface area contributed by atoms with Crippen LogP contribution in [0.4, 0.5) is 0 Å². The minimum absolute atomic E-state index is 0.00152. The number of nitrogens with zero attached hydrogens (tertiary/aromatic N) is 2. The van der Waals surface area contributed by atoms with Crippen LogP contribution in [0, 0.1) is 11.3 Å². The third-order valence-electron chi connectivity index (χ3n) is 4.39. The lowest BCUT2D eigenvalue weighted by atomic mass is 9.82. The van der Waals surface area contributed by atoms with Gasteiger partial charge in [0.05, 0.1) is 13.2 Å². The predicted octanol–water partition coefficient (Wildman–Crippen LogP) is 1.05. The van der Waals surface area contributed by atoms with Gasteiger partial charge in [0, 0.05) is 51.3 Å². The molecule has 0 amide bonds. The molecule has 2 heterocycles. The van der Waals surface area contributed by atoms with Crippen LogP contribution in [-0.4, -0.2) is 74.0 Å². The van der Waals surface area contributed by atoms with E-state index in [1.807, 2.05) is 0 Å². The first-order valence-electron chi connectivity index (χ1n) is 7.77. The van der Waals surface area contributed by atoms with Crippen molar-refractivity contribution in [1.29, 1.82) is 0 Å². The number of aliphatic hydroxyl groups excluding tert-OH is 1. The largest absolute Gasteiger partial charge is 0.396 e. The Morgan fingerprint density at radius 2 is 1.84 bits per heavy atom. The van der Waals surface area contributed by atoms with Crippen molar-refractivity contribution in [2.45, 2.75) is 26.7 Å². The highest BCUT2D eigenvalue weighted by Gasteiger charge is 2.35. The van der Waals surface area contributed by atoms with Gasteiger partial charge in [-0.05, 0) is 18.8 Å². The zero-order valence-electron chi connectivity index (χ0n) is 12.6. The lowest BCUT2D eigenvalue weighted by Crippen LogP contribution is -2.53. The fraction of sp³-hybridized carbons (Fsp3) is 1.00. The molecule has 0 saturated carbocycles. The van der Waals surface area contributed by atoms with Crippen molar-refractivity contribution in [3.8, 4) is 0 Å². The van der Waals surface area contributed by atoms with Crippen molar-refractivity contribution in [1.82, 2.24) is 9.80 Å². The van der Waals surface area contributed by atoms with Crippen molar-refractivity contribution >= 4 is 0 Å². The smallest absolute Gasteiger partial charge is 0.0556 e. The molecule has 112 valence electrons. The number of hydrogen-bond acceptors (Lipinski definition) is 4. The predicted molar refractivity (Wildman–Crippen MR) is 77.3 cm³/mol. The van der Waals surface area contributed by atoms with Gasteiger partial charge in [-0.15, -0.1) is 0 Å². The molecule has 19 heavy (non-hydrogen) atoms. The lowest BCUT2D eigenvalue weighted by Gasteiger charge is -2.43. The topological polar surface area (TPSA) is 35.9 Å². The molecule has 2 aliphatic heterocycles. The molecule has 4 nitrogen and oxygen atoms in total. The maximum absolute atomic E-state index is 9.73. The van der Waals surface area contributed by atoms with E-state index < -0.39 is 0 Å². The van der Waals surface area contributed by atoms with E-state index >= 15 is 0 Å². The van der Waals surface area contributed by atoms with Crippen LogP contribution in [0.2, 0.25) is 0 Å². The van der Waals surface area contributed by atoms with E-state index in [2.05, 4.69) is 23.6 Å². The van der Waals surface area contributed by atoms with Gasteiger partial charge in [-0.2, -0.15) is 0 Å². The second-order valence-electron chi connectivity index (χ2n) is 6.78. The van der Waals surface area contributed by atoms with Gasteiger partial charge in [0.2, 0.25) is 0 Å². The summed E-state index contributed by atoms with van der Waals surface area (Å²) in [4.78, 5) is 5.08. The summed E-state index contributed by atoms with van der Waals surface area (Å²) in [7, 11) is 0. The monoisotopic (exact) mass is 270 g/mol. The highest BCUT2D eigenvalue weighted by molar-refractivity contribution is 4.86. The summed E-state index contributed by atoms with van der Waals surface area (Å²) in [6, 6.07) is 0. The number of piperazine rings is 1. The summed E-state index contributed by atoms with van der Waals surface area (Å²) in [6.45, 7) is 13.2. The minimum atomic E-state index is -0.00152. The lowest BCUT2D eigenvalue weighted by molar-refractivity contribution is -0.0605. The maximum Gasteiger partial charge on any atom is 0.0556 e. The molecule has 2 aliphatic rings. The standard InChI is InChI=1S/C15H30N2O2/c1-14(2)10-16-5-7-17(8-6-16)11-15(12-18)4-3-9-19-13-15/h14,18H,3-13H2,1-2H3. The van der Waals surface area contributed by atoms with Crippen LogP contribution in [0.5, 0.6) is 0 Å². The van der Waals surface area contributed by atoms with Crippen molar-refractivity contribution < 1.29 is 9.84 Å². The zero-order valence-corrected chi connectivity index (χ0v) is 12.6. The Balaban J connectivity index is 1.77. The van der Waals surface area contributed by atoms with Crippen molar-refractivity contribution in [2.75, 3.05) is 59.1 Å². The average molecular weight is 270 g/mol. The SMILES string of the molecule is CC(C)CN1CCN(CC2(CO)CCCOC2)CC1. The molecule has 1 unspecified atom stereocenters. The number of ether oxygens (including phenoxy) is 1. The van der Waals surface area contributed by atoms with Gasteiger partial charge in [-0.3, -0.25) is 0 Å². The van der Waals surface area contributed by atoms with Crippen LogP contribution >= 0.6 is 0 Å². The first-order chi connectivity index (χ1) is 9.13. The van der Waals surface area contributed by atoms with Gasteiger partial charge < -0.3 is 19.6 Å². The number of hydrogen-bond donors (Lipinski definition) is 1. The van der Waals surface area contributed by atoms with Gasteiger partial charge in [0.15, 0.2) is 0 Å². The number of rotatable bonds is 5. The van der Waals surface area contributed by atoms with Crippen LogP contribution in [0.25, 0.3) is 0 Å². The van der Waals surface area contributed by atoms with Crippen molar-refractivity contribution in [2.24, 2.45) is 11.3 Å². The highest BCUT2D eigenvalue weighted by atomic mass is 16.5. The zero-order chi connectivity index (χ0) is 13.7. The molecule has 2 rings (SSSR count). The van der Waals surface area contributed by atoms with Gasteiger partial charge >= 0.3 is 0 Å². The third kappa shape index (κ3) is 4.42. The molecule has 0 bridgehead atoms. The maximum atomic E-state index is 9.73. The summed E-state index contributed by atoms with van der Waals surface area (Å²) in [6.07, 6.45) is 2.20. The Hall–Kier alpha value is -0.160. The fourth-order valence-electron chi connectivity index (χ4n) is 3.33. The molecule has 0 radical (unpaired) electrons. The normalized spacial score (nSPS) is 30.9. The van der Waals surface area contributed by atoms with Crippen LogP contribution in [0.1, 0.15) is 26.7 Å². The molecule has 0 aliphatic carbocycles. The van der Waals surface area contributed by atoms with Crippen molar-refractivity contribution in [3.05, 3.63) is 0 Å². The summed E-state index contributed by atoms with van der Waals surface area (Å²) < 4.78 is 5.59. The van der Waals surface area contributed by atoms with Crippen LogP contribution in [-0.2, 0) is 4.74 Å². The van der Waals surface area contributed by atoms with E-state index in [1.165, 1.54) is 19.6 Å². The average Bonchev–Trinajstić information content (AvgIpc) is 2.41. The summed E-state index contributed by atoms with van der Waals surface area (Å²) in [5.41, 5.74) is -0.00152. The van der Waals surface area contributed by atoms with E-state index in [0.717, 1.165) is 51.6 Å². The van der Waals surface area contributed by atoms with Crippen LogP contribution < -0.4 is 0 Å². The molecular formula is C15H30N2O2. The Kier molecular flexibility index (Phi) is 5.63.